The number of non-ortho nitro benzene ring substituents is 1. The average molecular weight is 537 g/mol. The van der Waals surface area contributed by atoms with E-state index >= 15 is 0 Å². The zero-order valence-electron chi connectivity index (χ0n) is 20.5. The normalized spacial score (nSPS) is 10.7. The Morgan fingerprint density at radius 3 is 2.32 bits per heavy atom. The van der Waals surface area contributed by atoms with E-state index in [1.165, 1.54) is 20.3 Å². The number of ether oxygens (including phenoxy) is 2. The molecule has 0 unspecified atom stereocenters. The van der Waals surface area contributed by atoms with Crippen LogP contribution in [0.1, 0.15) is 26.7 Å². The molecule has 0 aliphatic carbocycles. The highest BCUT2D eigenvalue weighted by molar-refractivity contribution is 6.33. The smallest absolute Gasteiger partial charge is 0.307 e. The molecule has 0 aromatic heterocycles. The Morgan fingerprint density at radius 1 is 1.08 bits per heavy atom. The van der Waals surface area contributed by atoms with Crippen LogP contribution in [0.5, 0.6) is 5.75 Å². The molecule has 0 aliphatic rings. The molecule has 0 saturated heterocycles. The van der Waals surface area contributed by atoms with E-state index in [1.54, 1.807) is 13.0 Å². The van der Waals surface area contributed by atoms with Gasteiger partial charge in [-0.3, -0.25) is 29.8 Å². The first-order valence-corrected chi connectivity index (χ1v) is 11.3. The van der Waals surface area contributed by atoms with Crippen molar-refractivity contribution in [3.05, 3.63) is 49.5 Å². The summed E-state index contributed by atoms with van der Waals surface area (Å²) in [6.07, 6.45) is 0.255. The molecular formula is C22H25ClN6O8. The summed E-state index contributed by atoms with van der Waals surface area (Å²) < 4.78 is 10.2. The number of rotatable bonds is 12. The minimum atomic E-state index is -0.864. The standard InChI is InChI=1S/C22H25ClN6O8/c1-5-20(30)24-15-11-17(27(6-2)8-7-21(31)37-4)19(36-3)12-16(15)25-26-22-14(23)9-13(28(32)33)10-18(22)29(34)35/h9-12H,5-8H2,1-4H3,(H,24,30)/b26-25+. The lowest BCUT2D eigenvalue weighted by Gasteiger charge is -2.26. The van der Waals surface area contributed by atoms with Crippen molar-refractivity contribution in [1.29, 1.82) is 0 Å². The second-order valence-corrected chi connectivity index (χ2v) is 7.77. The number of anilines is 2. The van der Waals surface area contributed by atoms with E-state index in [1.807, 2.05) is 11.8 Å². The summed E-state index contributed by atoms with van der Waals surface area (Å²) in [6.45, 7) is 4.30. The van der Waals surface area contributed by atoms with Crippen molar-refractivity contribution in [2.75, 3.05) is 37.5 Å². The van der Waals surface area contributed by atoms with Gasteiger partial charge in [-0.2, -0.15) is 0 Å². The van der Waals surface area contributed by atoms with E-state index in [4.69, 9.17) is 21.1 Å². The van der Waals surface area contributed by atoms with Gasteiger partial charge >= 0.3 is 11.7 Å². The molecule has 0 saturated carbocycles. The maximum atomic E-state index is 12.2. The van der Waals surface area contributed by atoms with Crippen LogP contribution in [0.15, 0.2) is 34.5 Å². The molecule has 0 spiro atoms. The number of nitro benzene ring substituents is 2. The number of esters is 1. The molecule has 0 atom stereocenters. The fraction of sp³-hybridized carbons (Fsp3) is 0.364. The van der Waals surface area contributed by atoms with Crippen molar-refractivity contribution in [1.82, 2.24) is 0 Å². The van der Waals surface area contributed by atoms with Gasteiger partial charge in [0.25, 0.3) is 5.69 Å². The highest BCUT2D eigenvalue weighted by Crippen LogP contribution is 2.43. The molecule has 1 N–H and O–H groups in total. The first-order valence-electron chi connectivity index (χ1n) is 10.9. The van der Waals surface area contributed by atoms with Crippen LogP contribution in [0.4, 0.5) is 34.1 Å². The number of hydrogen-bond acceptors (Lipinski definition) is 11. The SMILES string of the molecule is CCC(=O)Nc1cc(N(CC)CCC(=O)OC)c(OC)cc1/N=N/c1c(Cl)cc([N+](=O)[O-])cc1[N+](=O)[O-]. The van der Waals surface area contributed by atoms with Crippen LogP contribution in [-0.4, -0.2) is 49.0 Å². The van der Waals surface area contributed by atoms with Gasteiger partial charge < -0.3 is 19.7 Å². The van der Waals surface area contributed by atoms with Gasteiger partial charge in [-0.25, -0.2) is 0 Å². The van der Waals surface area contributed by atoms with E-state index in [0.717, 1.165) is 12.1 Å². The molecule has 1 amide bonds. The lowest BCUT2D eigenvalue weighted by Crippen LogP contribution is -2.26. The third-order valence-corrected chi connectivity index (χ3v) is 5.41. The molecule has 2 aromatic rings. The molecule has 15 heteroatoms. The Bertz CT molecular complexity index is 1240. The summed E-state index contributed by atoms with van der Waals surface area (Å²) in [7, 11) is 2.70. The molecule has 0 fully saturated rings. The number of nitrogens with one attached hydrogen (secondary N) is 1. The number of nitrogens with zero attached hydrogens (tertiary/aromatic N) is 5. The van der Waals surface area contributed by atoms with E-state index in [-0.39, 0.29) is 35.1 Å². The fourth-order valence-electron chi connectivity index (χ4n) is 3.19. The number of carbonyl (C=O) groups excluding carboxylic acids is 2. The molecule has 2 rings (SSSR count). The van der Waals surface area contributed by atoms with Crippen LogP contribution in [0.3, 0.4) is 0 Å². The van der Waals surface area contributed by atoms with Crippen LogP contribution in [0, 0.1) is 20.2 Å². The van der Waals surface area contributed by atoms with E-state index in [2.05, 4.69) is 15.5 Å². The number of nitro groups is 2. The quantitative estimate of drug-likeness (QED) is 0.162. The van der Waals surface area contributed by atoms with Crippen molar-refractivity contribution in [2.45, 2.75) is 26.7 Å². The highest BCUT2D eigenvalue weighted by atomic mass is 35.5. The lowest BCUT2D eigenvalue weighted by molar-refractivity contribution is -0.393. The van der Waals surface area contributed by atoms with E-state index in [9.17, 15) is 29.8 Å². The summed E-state index contributed by atoms with van der Waals surface area (Å²) in [5, 5.41) is 32.8. The van der Waals surface area contributed by atoms with Gasteiger partial charge in [-0.15, -0.1) is 10.2 Å². The topological polar surface area (TPSA) is 179 Å². The zero-order valence-corrected chi connectivity index (χ0v) is 21.3. The van der Waals surface area contributed by atoms with Crippen molar-refractivity contribution >= 4 is 57.6 Å². The van der Waals surface area contributed by atoms with Gasteiger partial charge in [0.2, 0.25) is 5.91 Å². The molecule has 0 bridgehead atoms. The second-order valence-electron chi connectivity index (χ2n) is 7.36. The molecule has 198 valence electrons. The predicted octanol–water partition coefficient (Wildman–Crippen LogP) is 5.32. The highest BCUT2D eigenvalue weighted by Gasteiger charge is 2.24. The number of hydrogen-bond donors (Lipinski definition) is 1. The molecule has 37 heavy (non-hydrogen) atoms. The van der Waals surface area contributed by atoms with Crippen LogP contribution in [0.2, 0.25) is 5.02 Å². The van der Waals surface area contributed by atoms with E-state index < -0.39 is 32.9 Å². The van der Waals surface area contributed by atoms with Crippen molar-refractivity contribution in [3.63, 3.8) is 0 Å². The molecule has 2 aromatic carbocycles. The Kier molecular flexibility index (Phi) is 10.2. The third kappa shape index (κ3) is 7.33. The summed E-state index contributed by atoms with van der Waals surface area (Å²) in [6, 6.07) is 4.68. The van der Waals surface area contributed by atoms with Gasteiger partial charge in [0.05, 0.1) is 53.0 Å². The van der Waals surface area contributed by atoms with Crippen LogP contribution >= 0.6 is 11.6 Å². The van der Waals surface area contributed by atoms with Gasteiger partial charge in [0, 0.05) is 31.6 Å². The maximum Gasteiger partial charge on any atom is 0.307 e. The third-order valence-electron chi connectivity index (χ3n) is 5.12. The predicted molar refractivity (Wildman–Crippen MR) is 135 cm³/mol. The van der Waals surface area contributed by atoms with Gasteiger partial charge in [-0.05, 0) is 13.0 Å². The molecule has 14 nitrogen and oxygen atoms in total. The lowest BCUT2D eigenvalue weighted by atomic mass is 10.2. The first kappa shape index (κ1) is 28.9. The Hall–Kier alpha value is -4.33. The number of halogens is 1. The van der Waals surface area contributed by atoms with Crippen molar-refractivity contribution < 1.29 is 28.9 Å². The number of benzene rings is 2. The summed E-state index contributed by atoms with van der Waals surface area (Å²) in [5.41, 5.74) is -0.867. The number of amides is 1. The molecule has 0 radical (unpaired) electrons. The monoisotopic (exact) mass is 536 g/mol. The average Bonchev–Trinajstić information content (AvgIpc) is 2.87. The fourth-order valence-corrected chi connectivity index (χ4v) is 3.43. The zero-order chi connectivity index (χ0) is 27.7. The van der Waals surface area contributed by atoms with Gasteiger partial charge in [-0.1, -0.05) is 18.5 Å². The Morgan fingerprint density at radius 2 is 1.78 bits per heavy atom. The Balaban J connectivity index is 2.63. The minimum Gasteiger partial charge on any atom is -0.494 e. The summed E-state index contributed by atoms with van der Waals surface area (Å²) in [5.74, 6) is -0.423. The van der Waals surface area contributed by atoms with Crippen molar-refractivity contribution in [3.8, 4) is 5.75 Å². The van der Waals surface area contributed by atoms with E-state index in [0.29, 0.717) is 24.5 Å². The first-order chi connectivity index (χ1) is 17.6. The largest absolute Gasteiger partial charge is 0.494 e. The van der Waals surface area contributed by atoms with Crippen molar-refractivity contribution in [2.24, 2.45) is 10.2 Å². The van der Waals surface area contributed by atoms with Gasteiger partial charge in [0.1, 0.15) is 11.4 Å². The minimum absolute atomic E-state index is 0.0788. The second kappa shape index (κ2) is 13.1. The maximum absolute atomic E-state index is 12.2. The van der Waals surface area contributed by atoms with Crippen LogP contribution in [0.25, 0.3) is 0 Å². The van der Waals surface area contributed by atoms with Gasteiger partial charge in [0.15, 0.2) is 5.69 Å². The van der Waals surface area contributed by atoms with Crippen LogP contribution < -0.4 is 15.0 Å². The molecular weight excluding hydrogens is 512 g/mol. The molecule has 0 heterocycles. The molecule has 0 aliphatic heterocycles. The number of azo groups is 1. The Labute approximate surface area is 216 Å². The number of methoxy groups -OCH3 is 2. The summed E-state index contributed by atoms with van der Waals surface area (Å²) >= 11 is 6.05. The summed E-state index contributed by atoms with van der Waals surface area (Å²) in [4.78, 5) is 46.6. The van der Waals surface area contributed by atoms with Crippen LogP contribution in [-0.2, 0) is 14.3 Å². The number of carbonyl (C=O) groups is 2.